The van der Waals surface area contributed by atoms with Crippen LogP contribution in [0.15, 0.2) is 57.5 Å². The number of rotatable bonds is 4. The summed E-state index contributed by atoms with van der Waals surface area (Å²) in [5, 5.41) is 20.7. The van der Waals surface area contributed by atoms with Gasteiger partial charge < -0.3 is 5.11 Å². The molecular weight excluding hydrogens is 356 g/mol. The minimum Gasteiger partial charge on any atom is -0.478 e. The first-order valence-corrected chi connectivity index (χ1v) is 8.08. The molecule has 7 nitrogen and oxygen atoms in total. The summed E-state index contributed by atoms with van der Waals surface area (Å²) < 4.78 is 1.24. The van der Waals surface area contributed by atoms with E-state index < -0.39 is 11.5 Å². The molecule has 0 saturated heterocycles. The maximum absolute atomic E-state index is 12.6. The van der Waals surface area contributed by atoms with Crippen LogP contribution in [0, 0.1) is 13.8 Å². The van der Waals surface area contributed by atoms with Gasteiger partial charge in [0.05, 0.1) is 22.6 Å². The lowest BCUT2D eigenvalue weighted by atomic mass is 10.2. The third kappa shape index (κ3) is 3.29. The highest BCUT2D eigenvalue weighted by Crippen LogP contribution is 2.27. The Balaban J connectivity index is 2.03. The van der Waals surface area contributed by atoms with Gasteiger partial charge in [0.25, 0.3) is 5.56 Å². The van der Waals surface area contributed by atoms with Crippen LogP contribution >= 0.6 is 11.6 Å². The Bertz CT molecular complexity index is 1080. The van der Waals surface area contributed by atoms with E-state index in [2.05, 4.69) is 15.3 Å². The molecule has 0 unspecified atom stereocenters. The zero-order chi connectivity index (χ0) is 18.8. The average Bonchev–Trinajstić information content (AvgIpc) is 2.90. The molecule has 0 spiro atoms. The van der Waals surface area contributed by atoms with Crippen molar-refractivity contribution in [2.24, 2.45) is 10.2 Å². The number of halogens is 1. The van der Waals surface area contributed by atoms with Gasteiger partial charge >= 0.3 is 5.97 Å². The monoisotopic (exact) mass is 370 g/mol. The number of azo groups is 1. The van der Waals surface area contributed by atoms with E-state index in [-0.39, 0.29) is 11.3 Å². The van der Waals surface area contributed by atoms with E-state index in [4.69, 9.17) is 16.7 Å². The molecule has 2 N–H and O–H groups in total. The van der Waals surface area contributed by atoms with Crippen molar-refractivity contribution in [1.82, 2.24) is 9.78 Å². The fraction of sp³-hybridized carbons (Fsp3) is 0.111. The van der Waals surface area contributed by atoms with Crippen molar-refractivity contribution in [2.75, 3.05) is 0 Å². The van der Waals surface area contributed by atoms with Crippen molar-refractivity contribution in [3.8, 4) is 5.69 Å². The van der Waals surface area contributed by atoms with Gasteiger partial charge in [-0.2, -0.15) is 0 Å². The first-order chi connectivity index (χ1) is 12.4. The third-order valence-electron chi connectivity index (χ3n) is 3.89. The molecular formula is C18H15ClN4O3. The lowest BCUT2D eigenvalue weighted by Gasteiger charge is -2.02. The van der Waals surface area contributed by atoms with Gasteiger partial charge in [0.1, 0.15) is 0 Å². The van der Waals surface area contributed by atoms with Crippen molar-refractivity contribution in [3.05, 3.63) is 74.7 Å². The Kier molecular flexibility index (Phi) is 4.73. The molecule has 0 saturated carbocycles. The summed E-state index contributed by atoms with van der Waals surface area (Å²) >= 11 is 6.06. The number of aromatic carboxylic acids is 1. The average molecular weight is 371 g/mol. The highest BCUT2D eigenvalue weighted by molar-refractivity contribution is 6.31. The molecule has 2 aromatic carbocycles. The van der Waals surface area contributed by atoms with Crippen LogP contribution in [0.25, 0.3) is 5.69 Å². The predicted molar refractivity (Wildman–Crippen MR) is 98.5 cm³/mol. The van der Waals surface area contributed by atoms with Crippen LogP contribution in [0.3, 0.4) is 0 Å². The maximum atomic E-state index is 12.6. The Morgan fingerprint density at radius 3 is 2.62 bits per heavy atom. The highest BCUT2D eigenvalue weighted by Gasteiger charge is 2.14. The van der Waals surface area contributed by atoms with Crippen molar-refractivity contribution in [1.29, 1.82) is 0 Å². The zero-order valence-electron chi connectivity index (χ0n) is 14.0. The molecule has 3 rings (SSSR count). The molecule has 0 aliphatic heterocycles. The number of H-pyrrole nitrogens is 1. The number of aromatic amines is 1. The largest absolute Gasteiger partial charge is 0.478 e. The normalized spacial score (nSPS) is 11.2. The van der Waals surface area contributed by atoms with Gasteiger partial charge in [-0.1, -0.05) is 23.7 Å². The number of carbonyl (C=O) groups is 1. The molecule has 8 heteroatoms. The fourth-order valence-electron chi connectivity index (χ4n) is 2.42. The fourth-order valence-corrected chi connectivity index (χ4v) is 2.59. The van der Waals surface area contributed by atoms with Gasteiger partial charge in [0.2, 0.25) is 0 Å². The second-order valence-corrected chi connectivity index (χ2v) is 6.07. The summed E-state index contributed by atoms with van der Waals surface area (Å²) in [6.07, 6.45) is 0. The van der Waals surface area contributed by atoms with Gasteiger partial charge in [0.15, 0.2) is 5.69 Å². The summed E-state index contributed by atoms with van der Waals surface area (Å²) in [6, 6.07) is 11.3. The Morgan fingerprint density at radius 1 is 1.15 bits per heavy atom. The van der Waals surface area contributed by atoms with Crippen LogP contribution in [0.5, 0.6) is 0 Å². The van der Waals surface area contributed by atoms with Crippen molar-refractivity contribution >= 4 is 28.9 Å². The van der Waals surface area contributed by atoms with Crippen molar-refractivity contribution < 1.29 is 9.90 Å². The molecule has 26 heavy (non-hydrogen) atoms. The minimum atomic E-state index is -1.07. The number of aromatic nitrogens is 2. The molecule has 1 heterocycles. The van der Waals surface area contributed by atoms with Gasteiger partial charge in [0, 0.05) is 5.02 Å². The second kappa shape index (κ2) is 6.97. The third-order valence-corrected chi connectivity index (χ3v) is 4.30. The number of aryl methyl sites for hydroxylation is 1. The Labute approximate surface area is 153 Å². The molecule has 1 aromatic heterocycles. The number of carboxylic acid groups (broad SMARTS) is 1. The van der Waals surface area contributed by atoms with Crippen LogP contribution < -0.4 is 5.56 Å². The quantitative estimate of drug-likeness (QED) is 0.659. The van der Waals surface area contributed by atoms with Gasteiger partial charge in [-0.3, -0.25) is 9.89 Å². The van der Waals surface area contributed by atoms with Crippen molar-refractivity contribution in [3.63, 3.8) is 0 Å². The molecule has 0 aliphatic rings. The first-order valence-electron chi connectivity index (χ1n) is 7.70. The maximum Gasteiger partial charge on any atom is 0.335 e. The SMILES string of the molecule is Cc1[nH]n(-c2cccc(C(=O)O)c2)c(=O)c1N=Nc1cccc(Cl)c1C. The number of hydrogen-bond acceptors (Lipinski definition) is 4. The highest BCUT2D eigenvalue weighted by atomic mass is 35.5. The molecule has 132 valence electrons. The molecule has 0 radical (unpaired) electrons. The molecule has 0 amide bonds. The zero-order valence-corrected chi connectivity index (χ0v) is 14.8. The van der Waals surface area contributed by atoms with Crippen molar-refractivity contribution in [2.45, 2.75) is 13.8 Å². The van der Waals surface area contributed by atoms with E-state index in [1.54, 1.807) is 37.3 Å². The number of nitrogens with one attached hydrogen (secondary N) is 1. The standard InChI is InChI=1S/C18H15ClN4O3/c1-10-14(19)7-4-8-15(10)20-21-16-11(2)22-23(17(16)24)13-6-3-5-12(9-13)18(25)26/h3-9,22H,1-2H3,(H,25,26). The summed E-state index contributed by atoms with van der Waals surface area (Å²) in [7, 11) is 0. The summed E-state index contributed by atoms with van der Waals surface area (Å²) in [5.41, 5.74) is 2.05. The van der Waals surface area contributed by atoms with Gasteiger partial charge in [-0.15, -0.1) is 10.2 Å². The first kappa shape index (κ1) is 17.6. The molecule has 0 atom stereocenters. The summed E-state index contributed by atoms with van der Waals surface area (Å²) in [4.78, 5) is 23.8. The predicted octanol–water partition coefficient (Wildman–Crippen LogP) is 4.55. The second-order valence-electron chi connectivity index (χ2n) is 5.67. The van der Waals surface area contributed by atoms with Crippen LogP contribution in [0.1, 0.15) is 21.6 Å². The van der Waals surface area contributed by atoms with E-state index in [0.29, 0.717) is 22.1 Å². The van der Waals surface area contributed by atoms with Gasteiger partial charge in [-0.05, 0) is 49.7 Å². The molecule has 0 bridgehead atoms. The topological polar surface area (TPSA) is 99.8 Å². The summed E-state index contributed by atoms with van der Waals surface area (Å²) in [5.74, 6) is -1.07. The lowest BCUT2D eigenvalue weighted by molar-refractivity contribution is 0.0697. The van der Waals surface area contributed by atoms with E-state index in [9.17, 15) is 9.59 Å². The Hall–Kier alpha value is -3.19. The molecule has 3 aromatic rings. The van der Waals surface area contributed by atoms with Gasteiger partial charge in [-0.25, -0.2) is 9.48 Å². The number of benzene rings is 2. The molecule has 0 fully saturated rings. The van der Waals surface area contributed by atoms with Crippen LogP contribution in [0.2, 0.25) is 5.02 Å². The summed E-state index contributed by atoms with van der Waals surface area (Å²) in [6.45, 7) is 3.51. The smallest absolute Gasteiger partial charge is 0.335 e. The number of carboxylic acids is 1. The minimum absolute atomic E-state index is 0.0828. The number of nitrogens with zero attached hydrogens (tertiary/aromatic N) is 3. The lowest BCUT2D eigenvalue weighted by Crippen LogP contribution is -2.14. The van der Waals surface area contributed by atoms with E-state index in [0.717, 1.165) is 5.56 Å². The van der Waals surface area contributed by atoms with Crippen LogP contribution in [-0.4, -0.2) is 20.9 Å². The van der Waals surface area contributed by atoms with E-state index >= 15 is 0 Å². The van der Waals surface area contributed by atoms with Crippen LogP contribution in [0.4, 0.5) is 11.4 Å². The Morgan fingerprint density at radius 2 is 1.88 bits per heavy atom. The van der Waals surface area contributed by atoms with E-state index in [1.807, 2.05) is 6.92 Å². The van der Waals surface area contributed by atoms with E-state index in [1.165, 1.54) is 16.8 Å². The van der Waals surface area contributed by atoms with Crippen LogP contribution in [-0.2, 0) is 0 Å². The number of hydrogen-bond donors (Lipinski definition) is 2. The molecule has 0 aliphatic carbocycles.